The Hall–Kier alpha value is -2.48. The molecule has 2 rings (SSSR count). The molecule has 0 fully saturated rings. The molecule has 1 N–H and O–H groups in total. The van der Waals surface area contributed by atoms with Gasteiger partial charge in [-0.05, 0) is 31.7 Å². The fraction of sp³-hybridized carbons (Fsp3) is 0.500. The third-order valence-electron chi connectivity index (χ3n) is 4.28. The van der Waals surface area contributed by atoms with Gasteiger partial charge in [-0.1, -0.05) is 13.8 Å². The number of rotatable bonds is 6. The van der Waals surface area contributed by atoms with E-state index < -0.39 is 11.9 Å². The van der Waals surface area contributed by atoms with Crippen LogP contribution in [-0.2, 0) is 14.3 Å². The van der Waals surface area contributed by atoms with Crippen molar-refractivity contribution in [3.05, 3.63) is 27.3 Å². The van der Waals surface area contributed by atoms with Gasteiger partial charge in [-0.2, -0.15) is 0 Å². The summed E-state index contributed by atoms with van der Waals surface area (Å²) in [6.07, 6.45) is 1.92. The summed E-state index contributed by atoms with van der Waals surface area (Å²) in [7, 11) is 0. The molecule has 0 saturated carbocycles. The summed E-state index contributed by atoms with van der Waals surface area (Å²) in [6.45, 7) is 9.18. The van der Waals surface area contributed by atoms with Gasteiger partial charge < -0.3 is 14.6 Å². The lowest BCUT2D eigenvalue weighted by atomic mass is 9.77. The zero-order chi connectivity index (χ0) is 21.1. The minimum absolute atomic E-state index is 0.0263. The predicted octanol–water partition coefficient (Wildman–Crippen LogP) is 4.31. The van der Waals surface area contributed by atoms with Gasteiger partial charge in [0.2, 0.25) is 0 Å². The smallest absolute Gasteiger partial charge is 0.348 e. The summed E-state index contributed by atoms with van der Waals surface area (Å²) in [5.74, 6) is -1.39. The fourth-order valence-corrected chi connectivity index (χ4v) is 4.03. The van der Waals surface area contributed by atoms with Gasteiger partial charge in [0.05, 0.1) is 18.8 Å². The summed E-state index contributed by atoms with van der Waals surface area (Å²) in [5.41, 5.74) is 0.390. The fourth-order valence-electron chi connectivity index (χ4n) is 3.00. The number of hydrogen-bond donors (Lipinski definition) is 1. The second kappa shape index (κ2) is 8.68. The van der Waals surface area contributed by atoms with Crippen molar-refractivity contribution in [3.8, 4) is 0 Å². The lowest BCUT2D eigenvalue weighted by Gasteiger charge is -2.28. The number of ketones is 1. The van der Waals surface area contributed by atoms with Crippen molar-refractivity contribution < 1.29 is 29.0 Å². The highest BCUT2D eigenvalue weighted by Gasteiger charge is 2.32. The maximum Gasteiger partial charge on any atom is 0.348 e. The molecular formula is C20H25NO6S. The van der Waals surface area contributed by atoms with Crippen molar-refractivity contribution >= 4 is 40.3 Å². The topological polar surface area (TPSA) is 102 Å². The minimum Gasteiger partial charge on any atom is -0.511 e. The number of Topliss-reactive ketones (excluding diaryl/α,β-unsaturated/α-hetero) is 1. The average Bonchev–Trinajstić information content (AvgIpc) is 2.90. The maximum atomic E-state index is 12.4. The first kappa shape index (κ1) is 21.8. The van der Waals surface area contributed by atoms with Crippen LogP contribution in [0.15, 0.2) is 16.3 Å². The number of aliphatic imine (C=N–C) groups is 1. The molecule has 0 radical (unpaired) electrons. The Balaban J connectivity index is 2.48. The molecule has 0 saturated heterocycles. The predicted molar refractivity (Wildman–Crippen MR) is 107 cm³/mol. The Morgan fingerprint density at radius 1 is 1.18 bits per heavy atom. The van der Waals surface area contributed by atoms with E-state index >= 15 is 0 Å². The van der Waals surface area contributed by atoms with Crippen molar-refractivity contribution in [3.63, 3.8) is 0 Å². The molecule has 1 aromatic heterocycles. The summed E-state index contributed by atoms with van der Waals surface area (Å²) in [6, 6.07) is 0. The number of hydrogen-bond acceptors (Lipinski definition) is 8. The zero-order valence-corrected chi connectivity index (χ0v) is 17.6. The van der Waals surface area contributed by atoms with Gasteiger partial charge in [-0.25, -0.2) is 14.6 Å². The molecule has 1 aliphatic carbocycles. The van der Waals surface area contributed by atoms with E-state index in [1.807, 2.05) is 13.8 Å². The number of aliphatic hydroxyl groups excluding tert-OH is 1. The standard InChI is InChI=1S/C20H25NO6S/c1-6-26-18(24)15-11(3)16(19(25)27-7-2)28-17(15)21-10-12-13(22)8-20(4,5)9-14(12)23/h10,22H,6-9H2,1-5H3. The van der Waals surface area contributed by atoms with Crippen LogP contribution < -0.4 is 0 Å². The number of thiophene rings is 1. The molecule has 152 valence electrons. The average molecular weight is 407 g/mol. The molecule has 0 spiro atoms. The molecule has 1 heterocycles. The van der Waals surface area contributed by atoms with Gasteiger partial charge in [0.25, 0.3) is 0 Å². The second-order valence-electron chi connectivity index (χ2n) is 7.24. The van der Waals surface area contributed by atoms with E-state index in [4.69, 9.17) is 9.47 Å². The van der Waals surface area contributed by atoms with Crippen LogP contribution in [0.4, 0.5) is 5.00 Å². The van der Waals surface area contributed by atoms with E-state index in [-0.39, 0.29) is 51.2 Å². The van der Waals surface area contributed by atoms with Gasteiger partial charge in [0.15, 0.2) is 5.78 Å². The van der Waals surface area contributed by atoms with Crippen LogP contribution >= 0.6 is 11.3 Å². The third-order valence-corrected chi connectivity index (χ3v) is 5.46. The van der Waals surface area contributed by atoms with E-state index in [1.54, 1.807) is 20.8 Å². The molecule has 0 unspecified atom stereocenters. The van der Waals surface area contributed by atoms with Crippen LogP contribution in [0.25, 0.3) is 0 Å². The van der Waals surface area contributed by atoms with Crippen LogP contribution in [0.5, 0.6) is 0 Å². The lowest BCUT2D eigenvalue weighted by molar-refractivity contribution is -0.117. The molecule has 0 bridgehead atoms. The van der Waals surface area contributed by atoms with Crippen LogP contribution in [-0.4, -0.2) is 42.3 Å². The molecule has 1 aromatic rings. The summed E-state index contributed by atoms with van der Waals surface area (Å²) < 4.78 is 10.1. The van der Waals surface area contributed by atoms with E-state index in [0.29, 0.717) is 18.4 Å². The van der Waals surface area contributed by atoms with Gasteiger partial charge in [0.1, 0.15) is 21.2 Å². The number of nitrogens with zero attached hydrogens (tertiary/aromatic N) is 1. The largest absolute Gasteiger partial charge is 0.511 e. The monoisotopic (exact) mass is 407 g/mol. The number of esters is 2. The molecule has 0 amide bonds. The number of allylic oxidation sites excluding steroid dienone is 2. The van der Waals surface area contributed by atoms with Crippen molar-refractivity contribution in [2.75, 3.05) is 13.2 Å². The number of carbonyl (C=O) groups is 3. The van der Waals surface area contributed by atoms with E-state index in [0.717, 1.165) is 11.3 Å². The van der Waals surface area contributed by atoms with Gasteiger partial charge in [-0.15, -0.1) is 11.3 Å². The lowest BCUT2D eigenvalue weighted by Crippen LogP contribution is -2.26. The Kier molecular flexibility index (Phi) is 6.77. The number of ether oxygens (including phenoxy) is 2. The first-order chi connectivity index (χ1) is 13.1. The molecule has 7 nitrogen and oxygen atoms in total. The highest BCUT2D eigenvalue weighted by Crippen LogP contribution is 2.38. The zero-order valence-electron chi connectivity index (χ0n) is 16.7. The van der Waals surface area contributed by atoms with Crippen molar-refractivity contribution in [1.82, 2.24) is 0 Å². The van der Waals surface area contributed by atoms with Crippen molar-refractivity contribution in [1.29, 1.82) is 0 Å². The van der Waals surface area contributed by atoms with E-state index in [2.05, 4.69) is 4.99 Å². The Labute approximate surface area is 168 Å². The number of carbonyl (C=O) groups excluding carboxylic acids is 3. The van der Waals surface area contributed by atoms with Crippen LogP contribution in [0.1, 0.15) is 66.1 Å². The Bertz CT molecular complexity index is 862. The van der Waals surface area contributed by atoms with E-state index in [9.17, 15) is 19.5 Å². The molecule has 8 heteroatoms. The first-order valence-electron chi connectivity index (χ1n) is 9.08. The summed E-state index contributed by atoms with van der Waals surface area (Å²) in [4.78, 5) is 41.4. The molecule has 28 heavy (non-hydrogen) atoms. The maximum absolute atomic E-state index is 12.4. The second-order valence-corrected chi connectivity index (χ2v) is 8.24. The van der Waals surface area contributed by atoms with E-state index in [1.165, 1.54) is 6.21 Å². The van der Waals surface area contributed by atoms with Crippen LogP contribution in [0, 0.1) is 12.3 Å². The molecule has 0 aromatic carbocycles. The first-order valence-corrected chi connectivity index (χ1v) is 9.90. The Morgan fingerprint density at radius 3 is 2.36 bits per heavy atom. The Morgan fingerprint density at radius 2 is 1.79 bits per heavy atom. The van der Waals surface area contributed by atoms with Gasteiger partial charge in [0, 0.05) is 19.1 Å². The highest BCUT2D eigenvalue weighted by molar-refractivity contribution is 7.18. The quantitative estimate of drug-likeness (QED) is 0.557. The third kappa shape index (κ3) is 4.67. The van der Waals surface area contributed by atoms with Gasteiger partial charge in [-0.3, -0.25) is 4.79 Å². The van der Waals surface area contributed by atoms with Gasteiger partial charge >= 0.3 is 11.9 Å². The van der Waals surface area contributed by atoms with Crippen LogP contribution in [0.3, 0.4) is 0 Å². The van der Waals surface area contributed by atoms with Crippen molar-refractivity contribution in [2.24, 2.45) is 10.4 Å². The molecule has 0 aliphatic heterocycles. The van der Waals surface area contributed by atoms with Crippen LogP contribution in [0.2, 0.25) is 0 Å². The highest BCUT2D eigenvalue weighted by atomic mass is 32.1. The molecular weight excluding hydrogens is 382 g/mol. The summed E-state index contributed by atoms with van der Waals surface area (Å²) >= 11 is 0.990. The number of aliphatic hydroxyl groups is 1. The minimum atomic E-state index is -0.603. The molecule has 1 aliphatic rings. The normalized spacial score (nSPS) is 16.5. The van der Waals surface area contributed by atoms with Crippen molar-refractivity contribution in [2.45, 2.75) is 47.5 Å². The summed E-state index contributed by atoms with van der Waals surface area (Å²) in [5, 5.41) is 10.5. The SMILES string of the molecule is CCOC(=O)c1sc(N=CC2=C(O)CC(C)(C)CC2=O)c(C(=O)OCC)c1C. The molecule has 0 atom stereocenters.